The number of nitrogen functional groups attached to an aromatic ring is 1. The van der Waals surface area contributed by atoms with Crippen LogP contribution in [0.5, 0.6) is 0 Å². The third-order valence-corrected chi connectivity index (χ3v) is 6.88. The minimum Gasteiger partial charge on any atom is -0.397 e. The van der Waals surface area contributed by atoms with Crippen molar-refractivity contribution in [2.75, 3.05) is 45.1 Å². The molecule has 2 saturated heterocycles. The first-order valence-electron chi connectivity index (χ1n) is 10.6. The van der Waals surface area contributed by atoms with E-state index in [2.05, 4.69) is 28.9 Å². The number of ether oxygens (including phenoxy) is 1. The predicted octanol–water partition coefficient (Wildman–Crippen LogP) is 4.19. The predicted molar refractivity (Wildman–Crippen MR) is 118 cm³/mol. The molecule has 3 N–H and O–H groups in total. The molecule has 0 saturated carbocycles. The van der Waals surface area contributed by atoms with Crippen LogP contribution in [0.4, 0.5) is 5.69 Å². The molecule has 0 bridgehead atoms. The minimum atomic E-state index is 0.615. The van der Waals surface area contributed by atoms with Crippen LogP contribution >= 0.6 is 11.6 Å². The monoisotopic (exact) mass is 401 g/mol. The zero-order valence-corrected chi connectivity index (χ0v) is 17.4. The Hall–Kier alpha value is -1.49. The highest BCUT2D eigenvalue weighted by molar-refractivity contribution is 6.33. The van der Waals surface area contributed by atoms with Gasteiger partial charge in [-0.1, -0.05) is 30.3 Å². The Kier molecular flexibility index (Phi) is 6.29. The van der Waals surface area contributed by atoms with Gasteiger partial charge in [0.2, 0.25) is 0 Å². The van der Waals surface area contributed by atoms with Gasteiger partial charge in [0, 0.05) is 43.1 Å². The van der Waals surface area contributed by atoms with Crippen molar-refractivity contribution in [3.63, 3.8) is 0 Å². The normalized spacial score (nSPS) is 21.0. The first-order chi connectivity index (χ1) is 13.6. The molecule has 0 spiro atoms. The number of hydrogen-bond donors (Lipinski definition) is 2. The van der Waals surface area contributed by atoms with E-state index in [1.54, 1.807) is 0 Å². The van der Waals surface area contributed by atoms with Gasteiger partial charge in [0.25, 0.3) is 0 Å². The molecular formula is C23H32ClN3O. The van der Waals surface area contributed by atoms with Crippen LogP contribution in [-0.4, -0.2) is 44.3 Å². The van der Waals surface area contributed by atoms with Gasteiger partial charge in [-0.3, -0.25) is 0 Å². The standard InChI is InChI=1S/C23H32ClN3O/c1-16(21-13-22(24)23(25)20-4-2-3-19(20)21)26-14-17-5-9-27(10-6-17)15-18-7-11-28-12-8-18/h2,4,13,17-18,26H,1,3,5-12,14-15,25H2. The van der Waals surface area contributed by atoms with Crippen molar-refractivity contribution < 1.29 is 4.74 Å². The summed E-state index contributed by atoms with van der Waals surface area (Å²) >= 11 is 6.35. The van der Waals surface area contributed by atoms with Crippen LogP contribution in [-0.2, 0) is 11.2 Å². The van der Waals surface area contributed by atoms with Gasteiger partial charge in [0.15, 0.2) is 0 Å². The number of hydrogen-bond acceptors (Lipinski definition) is 4. The van der Waals surface area contributed by atoms with Gasteiger partial charge < -0.3 is 20.7 Å². The molecule has 0 atom stereocenters. The lowest BCUT2D eigenvalue weighted by molar-refractivity contribution is 0.0469. The quantitative estimate of drug-likeness (QED) is 0.701. The maximum atomic E-state index is 6.35. The molecule has 0 radical (unpaired) electrons. The van der Waals surface area contributed by atoms with Crippen LogP contribution in [0.1, 0.15) is 42.4 Å². The van der Waals surface area contributed by atoms with Gasteiger partial charge in [-0.2, -0.15) is 0 Å². The second-order valence-corrected chi connectivity index (χ2v) is 8.88. The van der Waals surface area contributed by atoms with Gasteiger partial charge >= 0.3 is 0 Å². The van der Waals surface area contributed by atoms with Crippen LogP contribution in [0.15, 0.2) is 18.7 Å². The summed E-state index contributed by atoms with van der Waals surface area (Å²) < 4.78 is 5.48. The molecule has 2 fully saturated rings. The van der Waals surface area contributed by atoms with Crippen LogP contribution in [0.3, 0.4) is 0 Å². The molecule has 0 amide bonds. The van der Waals surface area contributed by atoms with Crippen molar-refractivity contribution >= 4 is 29.1 Å². The molecule has 4 rings (SSSR count). The fraction of sp³-hybridized carbons (Fsp3) is 0.565. The van der Waals surface area contributed by atoms with Crippen LogP contribution in [0, 0.1) is 11.8 Å². The molecule has 5 heteroatoms. The van der Waals surface area contributed by atoms with E-state index in [4.69, 9.17) is 22.1 Å². The number of anilines is 1. The Balaban J connectivity index is 1.26. The van der Waals surface area contributed by atoms with Gasteiger partial charge in [-0.25, -0.2) is 0 Å². The number of likely N-dealkylation sites (tertiary alicyclic amines) is 1. The van der Waals surface area contributed by atoms with Gasteiger partial charge in [-0.15, -0.1) is 0 Å². The Morgan fingerprint density at radius 3 is 2.71 bits per heavy atom. The van der Waals surface area contributed by atoms with Crippen LogP contribution in [0.2, 0.25) is 5.02 Å². The Labute approximate surface area is 173 Å². The van der Waals surface area contributed by atoms with E-state index in [-0.39, 0.29) is 0 Å². The molecule has 3 aliphatic rings. The molecule has 152 valence electrons. The van der Waals surface area contributed by atoms with Crippen molar-refractivity contribution in [1.82, 2.24) is 10.2 Å². The number of nitrogens with zero attached hydrogens (tertiary/aromatic N) is 1. The van der Waals surface area contributed by atoms with E-state index < -0.39 is 0 Å². The second kappa shape index (κ2) is 8.89. The number of nitrogens with one attached hydrogen (secondary N) is 1. The largest absolute Gasteiger partial charge is 0.397 e. The average molecular weight is 402 g/mol. The highest BCUT2D eigenvalue weighted by Crippen LogP contribution is 2.36. The molecular weight excluding hydrogens is 370 g/mol. The summed E-state index contributed by atoms with van der Waals surface area (Å²) in [7, 11) is 0. The molecule has 2 aliphatic heterocycles. The smallest absolute Gasteiger partial charge is 0.0648 e. The lowest BCUT2D eigenvalue weighted by atomic mass is 9.93. The zero-order valence-electron chi connectivity index (χ0n) is 16.7. The Bertz CT molecular complexity index is 747. The molecule has 1 aromatic rings. The van der Waals surface area contributed by atoms with Crippen molar-refractivity contribution in [2.45, 2.75) is 32.1 Å². The number of fused-ring (bicyclic) bond motifs is 1. The van der Waals surface area contributed by atoms with E-state index in [0.717, 1.165) is 48.9 Å². The lowest BCUT2D eigenvalue weighted by Crippen LogP contribution is -2.40. The molecule has 1 aromatic carbocycles. The summed E-state index contributed by atoms with van der Waals surface area (Å²) in [5, 5.41) is 4.20. The van der Waals surface area contributed by atoms with E-state index in [1.165, 1.54) is 50.9 Å². The van der Waals surface area contributed by atoms with Gasteiger partial charge in [0.05, 0.1) is 10.7 Å². The van der Waals surface area contributed by atoms with E-state index >= 15 is 0 Å². The highest BCUT2D eigenvalue weighted by atomic mass is 35.5. The summed E-state index contributed by atoms with van der Waals surface area (Å²) in [5.74, 6) is 1.53. The highest BCUT2D eigenvalue weighted by Gasteiger charge is 2.23. The molecule has 1 aliphatic carbocycles. The second-order valence-electron chi connectivity index (χ2n) is 8.48. The lowest BCUT2D eigenvalue weighted by Gasteiger charge is -2.35. The summed E-state index contributed by atoms with van der Waals surface area (Å²) in [6.45, 7) is 10.8. The Morgan fingerprint density at radius 1 is 1.21 bits per heavy atom. The first kappa shape index (κ1) is 19.8. The molecule has 0 aromatic heterocycles. The number of piperidine rings is 1. The first-order valence-corrected chi connectivity index (χ1v) is 11.0. The summed E-state index contributed by atoms with van der Waals surface area (Å²) in [6, 6.07) is 1.97. The fourth-order valence-corrected chi connectivity index (χ4v) is 4.94. The maximum Gasteiger partial charge on any atom is 0.0648 e. The number of benzene rings is 1. The summed E-state index contributed by atoms with van der Waals surface area (Å²) in [4.78, 5) is 2.65. The summed E-state index contributed by atoms with van der Waals surface area (Å²) in [5.41, 5.74) is 11.2. The molecule has 0 unspecified atom stereocenters. The number of nitrogens with two attached hydrogens (primary N) is 1. The minimum absolute atomic E-state index is 0.615. The van der Waals surface area contributed by atoms with E-state index in [1.807, 2.05) is 6.07 Å². The molecule has 4 nitrogen and oxygen atoms in total. The van der Waals surface area contributed by atoms with E-state index in [9.17, 15) is 0 Å². The third kappa shape index (κ3) is 4.40. The van der Waals surface area contributed by atoms with E-state index in [0.29, 0.717) is 16.6 Å². The Morgan fingerprint density at radius 2 is 1.96 bits per heavy atom. The average Bonchev–Trinajstić information content (AvgIpc) is 3.21. The van der Waals surface area contributed by atoms with Crippen molar-refractivity contribution in [1.29, 1.82) is 0 Å². The van der Waals surface area contributed by atoms with Crippen molar-refractivity contribution in [3.05, 3.63) is 40.4 Å². The van der Waals surface area contributed by atoms with Crippen molar-refractivity contribution in [3.8, 4) is 0 Å². The number of rotatable bonds is 6. The fourth-order valence-electron chi connectivity index (χ4n) is 4.73. The van der Waals surface area contributed by atoms with Gasteiger partial charge in [-0.05, 0) is 68.7 Å². The molecule has 2 heterocycles. The van der Waals surface area contributed by atoms with Gasteiger partial charge in [0.1, 0.15) is 0 Å². The maximum absolute atomic E-state index is 6.35. The van der Waals surface area contributed by atoms with Crippen LogP contribution < -0.4 is 11.1 Å². The number of halogens is 1. The van der Waals surface area contributed by atoms with Crippen LogP contribution in [0.25, 0.3) is 11.8 Å². The third-order valence-electron chi connectivity index (χ3n) is 6.57. The molecule has 28 heavy (non-hydrogen) atoms. The SMILES string of the molecule is C=C(NCC1CCN(CC2CCOCC2)CC1)c1cc(Cl)c(N)c2c1CC=C2. The number of allylic oxidation sites excluding steroid dienone is 1. The summed E-state index contributed by atoms with van der Waals surface area (Å²) in [6.07, 6.45) is 10.1. The van der Waals surface area contributed by atoms with Crippen molar-refractivity contribution in [2.24, 2.45) is 11.8 Å². The topological polar surface area (TPSA) is 50.5 Å². The zero-order chi connectivity index (χ0) is 19.5.